The van der Waals surface area contributed by atoms with Gasteiger partial charge in [-0.15, -0.1) is 0 Å². The number of likely N-dealkylation sites (tertiary alicyclic amines) is 1. The van der Waals surface area contributed by atoms with Gasteiger partial charge in [0.2, 0.25) is 5.91 Å². The van der Waals surface area contributed by atoms with E-state index in [0.29, 0.717) is 6.42 Å². The van der Waals surface area contributed by atoms with Crippen LogP contribution in [0, 0.1) is 13.8 Å². The van der Waals surface area contributed by atoms with Crippen LogP contribution in [0.2, 0.25) is 0 Å². The van der Waals surface area contributed by atoms with Crippen LogP contribution in [0.15, 0.2) is 6.20 Å². The van der Waals surface area contributed by atoms with Crippen molar-refractivity contribution in [3.05, 3.63) is 17.6 Å². The summed E-state index contributed by atoms with van der Waals surface area (Å²) in [5.41, 5.74) is 1.80. The Bertz CT molecular complexity index is 433. The third-order valence-corrected chi connectivity index (χ3v) is 3.04. The lowest BCUT2D eigenvalue weighted by Crippen LogP contribution is -2.43. The van der Waals surface area contributed by atoms with Crippen molar-refractivity contribution in [2.75, 3.05) is 18.9 Å². The van der Waals surface area contributed by atoms with Crippen molar-refractivity contribution in [1.29, 1.82) is 0 Å². The number of aryl methyl sites for hydroxylation is 2. The summed E-state index contributed by atoms with van der Waals surface area (Å²) in [4.78, 5) is 21.9. The molecule has 0 radical (unpaired) electrons. The van der Waals surface area contributed by atoms with Crippen LogP contribution in [-0.4, -0.2) is 40.4 Å². The van der Waals surface area contributed by atoms with E-state index in [0.717, 1.165) is 30.2 Å². The summed E-state index contributed by atoms with van der Waals surface area (Å²) in [6, 6.07) is 0.271. The highest BCUT2D eigenvalue weighted by Crippen LogP contribution is 2.16. The van der Waals surface area contributed by atoms with Gasteiger partial charge < -0.3 is 10.2 Å². The van der Waals surface area contributed by atoms with Gasteiger partial charge in [-0.3, -0.25) is 9.78 Å². The van der Waals surface area contributed by atoms with Crippen molar-refractivity contribution < 1.29 is 4.79 Å². The van der Waals surface area contributed by atoms with Gasteiger partial charge in [0, 0.05) is 32.3 Å². The van der Waals surface area contributed by atoms with Crippen LogP contribution in [0.4, 0.5) is 5.82 Å². The van der Waals surface area contributed by atoms with Gasteiger partial charge in [-0.2, -0.15) is 0 Å². The molecule has 0 spiro atoms. The molecule has 1 aliphatic heterocycles. The number of anilines is 1. The first-order valence-electron chi connectivity index (χ1n) is 5.87. The van der Waals surface area contributed by atoms with Gasteiger partial charge in [0.1, 0.15) is 5.82 Å². The molecule has 2 rings (SSSR count). The van der Waals surface area contributed by atoms with Crippen molar-refractivity contribution in [2.24, 2.45) is 0 Å². The highest BCUT2D eigenvalue weighted by atomic mass is 16.2. The fraction of sp³-hybridized carbons (Fsp3) is 0.583. The van der Waals surface area contributed by atoms with Crippen molar-refractivity contribution in [3.8, 4) is 0 Å². The van der Waals surface area contributed by atoms with E-state index in [9.17, 15) is 4.79 Å². The predicted molar refractivity (Wildman–Crippen MR) is 65.8 cm³/mol. The number of hydrogen-bond donors (Lipinski definition) is 1. The molecule has 1 aromatic heterocycles. The lowest BCUT2D eigenvalue weighted by Gasteiger charge is -2.30. The smallest absolute Gasteiger partial charge is 0.222 e. The number of amides is 1. The third-order valence-electron chi connectivity index (χ3n) is 3.04. The topological polar surface area (TPSA) is 58.1 Å². The molecule has 1 N–H and O–H groups in total. The van der Waals surface area contributed by atoms with Crippen LogP contribution in [-0.2, 0) is 4.79 Å². The van der Waals surface area contributed by atoms with Crippen molar-refractivity contribution in [3.63, 3.8) is 0 Å². The minimum absolute atomic E-state index is 0.218. The number of aromatic nitrogens is 2. The van der Waals surface area contributed by atoms with Crippen LogP contribution >= 0.6 is 0 Å². The molecule has 5 nitrogen and oxygen atoms in total. The third kappa shape index (κ3) is 2.72. The number of hydrogen-bond acceptors (Lipinski definition) is 4. The average Bonchev–Trinajstić information content (AvgIpc) is 2.29. The zero-order valence-electron chi connectivity index (χ0n) is 10.5. The van der Waals surface area contributed by atoms with E-state index in [1.807, 2.05) is 20.9 Å². The fourth-order valence-corrected chi connectivity index (χ4v) is 2.00. The Morgan fingerprint density at radius 1 is 1.47 bits per heavy atom. The molecule has 5 heteroatoms. The number of nitrogens with zero attached hydrogens (tertiary/aromatic N) is 3. The Hall–Kier alpha value is -1.65. The van der Waals surface area contributed by atoms with Gasteiger partial charge >= 0.3 is 0 Å². The summed E-state index contributed by atoms with van der Waals surface area (Å²) in [6.07, 6.45) is 3.22. The first-order valence-corrected chi connectivity index (χ1v) is 5.87. The van der Waals surface area contributed by atoms with E-state index in [4.69, 9.17) is 0 Å². The maximum atomic E-state index is 11.4. The Balaban J connectivity index is 2.06. The van der Waals surface area contributed by atoms with Gasteiger partial charge in [0.05, 0.1) is 11.4 Å². The van der Waals surface area contributed by atoms with Crippen LogP contribution in [0.25, 0.3) is 0 Å². The normalized spacial score (nSPS) is 20.5. The van der Waals surface area contributed by atoms with Gasteiger partial charge in [-0.25, -0.2) is 4.98 Å². The van der Waals surface area contributed by atoms with Crippen LogP contribution in [0.5, 0.6) is 0 Å². The molecule has 2 heterocycles. The molecule has 1 saturated heterocycles. The SMILES string of the molecule is Cc1cnc(C)c(NC2CCC(=O)N(C)C2)n1. The highest BCUT2D eigenvalue weighted by molar-refractivity contribution is 5.77. The van der Waals surface area contributed by atoms with E-state index in [1.54, 1.807) is 11.1 Å². The molecule has 1 aromatic rings. The van der Waals surface area contributed by atoms with E-state index < -0.39 is 0 Å². The molecule has 17 heavy (non-hydrogen) atoms. The Morgan fingerprint density at radius 2 is 2.24 bits per heavy atom. The summed E-state index contributed by atoms with van der Waals surface area (Å²) >= 11 is 0. The molecule has 0 saturated carbocycles. The quantitative estimate of drug-likeness (QED) is 0.833. The maximum Gasteiger partial charge on any atom is 0.222 e. The second-order valence-corrected chi connectivity index (χ2v) is 4.60. The number of likely N-dealkylation sites (N-methyl/N-ethyl adjacent to an activating group) is 1. The molecule has 0 bridgehead atoms. The Morgan fingerprint density at radius 3 is 2.94 bits per heavy atom. The number of carbonyl (C=O) groups excluding carboxylic acids is 1. The lowest BCUT2D eigenvalue weighted by atomic mass is 10.1. The van der Waals surface area contributed by atoms with Crippen molar-refractivity contribution in [1.82, 2.24) is 14.9 Å². The van der Waals surface area contributed by atoms with E-state index in [-0.39, 0.29) is 11.9 Å². The lowest BCUT2D eigenvalue weighted by molar-refractivity contribution is -0.132. The average molecular weight is 234 g/mol. The van der Waals surface area contributed by atoms with Crippen molar-refractivity contribution >= 4 is 11.7 Å². The second-order valence-electron chi connectivity index (χ2n) is 4.60. The van der Waals surface area contributed by atoms with Crippen LogP contribution < -0.4 is 5.32 Å². The minimum atomic E-state index is 0.218. The van der Waals surface area contributed by atoms with Gasteiger partial charge in [-0.1, -0.05) is 0 Å². The van der Waals surface area contributed by atoms with E-state index in [2.05, 4.69) is 15.3 Å². The summed E-state index contributed by atoms with van der Waals surface area (Å²) in [7, 11) is 1.84. The first-order chi connectivity index (χ1) is 8.06. The number of rotatable bonds is 2. The summed E-state index contributed by atoms with van der Waals surface area (Å²) < 4.78 is 0. The molecule has 1 fully saturated rings. The van der Waals surface area contributed by atoms with Gasteiger partial charge in [0.25, 0.3) is 0 Å². The largest absolute Gasteiger partial charge is 0.364 e. The first kappa shape index (κ1) is 11.8. The fourth-order valence-electron chi connectivity index (χ4n) is 2.00. The van der Waals surface area contributed by atoms with Crippen molar-refractivity contribution in [2.45, 2.75) is 32.7 Å². The monoisotopic (exact) mass is 234 g/mol. The number of nitrogens with one attached hydrogen (secondary N) is 1. The zero-order valence-corrected chi connectivity index (χ0v) is 10.5. The number of piperidine rings is 1. The Labute approximate surface area is 101 Å². The molecule has 1 unspecified atom stereocenters. The standard InChI is InChI=1S/C12H18N4O/c1-8-6-13-9(2)12(14-8)15-10-4-5-11(17)16(3)7-10/h6,10H,4-5,7H2,1-3H3,(H,14,15). The van der Waals surface area contributed by atoms with Gasteiger partial charge in [0.15, 0.2) is 0 Å². The molecule has 1 aliphatic rings. The number of carbonyl (C=O) groups is 1. The van der Waals surface area contributed by atoms with Gasteiger partial charge in [-0.05, 0) is 20.3 Å². The molecule has 0 aromatic carbocycles. The van der Waals surface area contributed by atoms with Crippen LogP contribution in [0.1, 0.15) is 24.2 Å². The summed E-state index contributed by atoms with van der Waals surface area (Å²) in [5.74, 6) is 1.05. The second kappa shape index (κ2) is 4.69. The molecule has 92 valence electrons. The van der Waals surface area contributed by atoms with E-state index in [1.165, 1.54) is 0 Å². The predicted octanol–water partition coefficient (Wildman–Crippen LogP) is 1.13. The minimum Gasteiger partial charge on any atom is -0.364 e. The molecule has 1 atom stereocenters. The summed E-state index contributed by atoms with van der Waals surface area (Å²) in [5, 5.41) is 3.37. The Kier molecular flexibility index (Phi) is 3.26. The molecular formula is C12H18N4O. The highest BCUT2D eigenvalue weighted by Gasteiger charge is 2.23. The summed E-state index contributed by atoms with van der Waals surface area (Å²) in [6.45, 7) is 4.59. The molecular weight excluding hydrogens is 216 g/mol. The maximum absolute atomic E-state index is 11.4. The zero-order chi connectivity index (χ0) is 12.4. The molecule has 0 aliphatic carbocycles. The van der Waals surface area contributed by atoms with Crippen LogP contribution in [0.3, 0.4) is 0 Å². The molecule has 1 amide bonds. The van der Waals surface area contributed by atoms with E-state index >= 15 is 0 Å².